The van der Waals surface area contributed by atoms with Crippen LogP contribution in [0.4, 0.5) is 0 Å². The first-order valence-corrected chi connectivity index (χ1v) is 12.6. The number of hydrogen-bond donors (Lipinski definition) is 0. The lowest BCUT2D eigenvalue weighted by molar-refractivity contribution is 0.0531. The van der Waals surface area contributed by atoms with Crippen molar-refractivity contribution in [1.29, 1.82) is 0 Å². The summed E-state index contributed by atoms with van der Waals surface area (Å²) in [6.45, 7) is 5.96. The van der Waals surface area contributed by atoms with Crippen molar-refractivity contribution in [3.63, 3.8) is 0 Å². The molecule has 0 N–H and O–H groups in total. The number of fused-ring (bicyclic) bond motifs is 1. The van der Waals surface area contributed by atoms with Crippen LogP contribution in [-0.2, 0) is 11.2 Å². The minimum Gasteiger partial charge on any atom is -0.462 e. The normalized spacial score (nSPS) is 13.8. The third-order valence-corrected chi connectivity index (χ3v) is 8.07. The molecule has 160 valence electrons. The molecule has 7 nitrogen and oxygen atoms in total. The van der Waals surface area contributed by atoms with Crippen molar-refractivity contribution in [1.82, 2.24) is 24.7 Å². The summed E-state index contributed by atoms with van der Waals surface area (Å²) in [6, 6.07) is 4.64. The predicted octanol–water partition coefficient (Wildman–Crippen LogP) is 5.21. The van der Waals surface area contributed by atoms with Crippen LogP contribution in [-0.4, -0.2) is 37.3 Å². The molecular weight excluding hydrogens is 450 g/mol. The summed E-state index contributed by atoms with van der Waals surface area (Å²) in [5.41, 5.74) is 0.859. The van der Waals surface area contributed by atoms with Gasteiger partial charge in [-0.15, -0.1) is 32.9 Å². The number of thiophene rings is 2. The Morgan fingerprint density at radius 3 is 2.84 bits per heavy atom. The molecule has 10 heteroatoms. The van der Waals surface area contributed by atoms with E-state index in [0.29, 0.717) is 23.4 Å². The molecular formula is C21H21N5O2S3. The number of carbonyl (C=O) groups is 1. The first kappa shape index (κ1) is 20.6. The molecule has 1 aliphatic rings. The van der Waals surface area contributed by atoms with Crippen molar-refractivity contribution in [3.8, 4) is 0 Å². The van der Waals surface area contributed by atoms with Crippen molar-refractivity contribution in [2.24, 2.45) is 0 Å². The van der Waals surface area contributed by atoms with Gasteiger partial charge in [-0.3, -0.25) is 0 Å². The molecule has 0 saturated heterocycles. The van der Waals surface area contributed by atoms with Gasteiger partial charge in [0.2, 0.25) is 0 Å². The lowest BCUT2D eigenvalue weighted by Crippen LogP contribution is -2.04. The average Bonchev–Trinajstić information content (AvgIpc) is 3.13. The van der Waals surface area contributed by atoms with Crippen molar-refractivity contribution in [2.75, 3.05) is 6.61 Å². The highest BCUT2D eigenvalue weighted by Crippen LogP contribution is 2.43. The smallest absolute Gasteiger partial charge is 0.348 e. The minimum absolute atomic E-state index is 0.309. The molecule has 4 heterocycles. The highest BCUT2D eigenvalue weighted by Gasteiger charge is 2.31. The molecule has 0 aliphatic heterocycles. The number of ether oxygens (including phenoxy) is 1. The lowest BCUT2D eigenvalue weighted by atomic mass is 10.2. The Bertz CT molecular complexity index is 1260. The van der Waals surface area contributed by atoms with Crippen molar-refractivity contribution < 1.29 is 9.53 Å². The maximum Gasteiger partial charge on any atom is 0.348 e. The molecule has 5 rings (SSSR count). The van der Waals surface area contributed by atoms with Crippen LogP contribution in [0.25, 0.3) is 10.2 Å². The van der Waals surface area contributed by atoms with Gasteiger partial charge < -0.3 is 9.30 Å². The van der Waals surface area contributed by atoms with Crippen LogP contribution in [0.1, 0.15) is 57.6 Å². The first-order chi connectivity index (χ1) is 15.0. The van der Waals surface area contributed by atoms with E-state index in [1.165, 1.54) is 28.0 Å². The van der Waals surface area contributed by atoms with E-state index >= 15 is 0 Å². The Hall–Kier alpha value is -2.30. The molecule has 0 unspecified atom stereocenters. The topological polar surface area (TPSA) is 82.8 Å². The zero-order chi connectivity index (χ0) is 21.5. The highest BCUT2D eigenvalue weighted by molar-refractivity contribution is 7.99. The lowest BCUT2D eigenvalue weighted by Gasteiger charge is -2.09. The molecule has 4 aromatic heterocycles. The van der Waals surface area contributed by atoms with E-state index in [0.717, 1.165) is 51.0 Å². The fourth-order valence-corrected chi connectivity index (χ4v) is 6.54. The number of nitrogens with zero attached hydrogens (tertiary/aromatic N) is 5. The van der Waals surface area contributed by atoms with E-state index in [9.17, 15) is 4.79 Å². The van der Waals surface area contributed by atoms with Crippen molar-refractivity contribution in [2.45, 2.75) is 56.3 Å². The molecule has 1 saturated carbocycles. The molecule has 0 atom stereocenters. The second-order valence-electron chi connectivity index (χ2n) is 7.39. The van der Waals surface area contributed by atoms with Gasteiger partial charge in [-0.05, 0) is 62.4 Å². The van der Waals surface area contributed by atoms with Gasteiger partial charge in [0.1, 0.15) is 26.4 Å². The van der Waals surface area contributed by atoms with Crippen LogP contribution < -0.4 is 0 Å². The van der Waals surface area contributed by atoms with E-state index in [1.807, 2.05) is 20.8 Å². The Morgan fingerprint density at radius 2 is 2.13 bits per heavy atom. The van der Waals surface area contributed by atoms with Gasteiger partial charge in [-0.2, -0.15) is 0 Å². The molecule has 0 spiro atoms. The number of esters is 1. The van der Waals surface area contributed by atoms with Crippen LogP contribution in [0.5, 0.6) is 0 Å². The van der Waals surface area contributed by atoms with Crippen LogP contribution >= 0.6 is 34.4 Å². The van der Waals surface area contributed by atoms with Gasteiger partial charge in [0, 0.05) is 22.7 Å². The van der Waals surface area contributed by atoms with E-state index < -0.39 is 0 Å². The molecule has 1 fully saturated rings. The largest absolute Gasteiger partial charge is 0.462 e. The Morgan fingerprint density at radius 1 is 1.29 bits per heavy atom. The first-order valence-electron chi connectivity index (χ1n) is 10.1. The second-order valence-corrected chi connectivity index (χ2v) is 10.4. The van der Waals surface area contributed by atoms with Gasteiger partial charge in [0.15, 0.2) is 5.16 Å². The van der Waals surface area contributed by atoms with Crippen LogP contribution in [0, 0.1) is 13.8 Å². The van der Waals surface area contributed by atoms with Gasteiger partial charge in [-0.1, -0.05) is 6.07 Å². The molecule has 0 radical (unpaired) electrons. The fraction of sp³-hybridized carbons (Fsp3) is 0.381. The fourth-order valence-electron chi connectivity index (χ4n) is 3.52. The van der Waals surface area contributed by atoms with E-state index in [4.69, 9.17) is 9.72 Å². The van der Waals surface area contributed by atoms with Crippen LogP contribution in [0.3, 0.4) is 0 Å². The predicted molar refractivity (Wildman–Crippen MR) is 122 cm³/mol. The standard InChI is InChI=1S/C21H21N5O2S3/c1-4-28-20(27)17-11(2)16-18(30-17)22-12(3)23-19(16)31-21-25-24-15(26(21)13-7-8-13)10-14-6-5-9-29-14/h5-6,9,13H,4,7-8,10H2,1-3H3. The van der Waals surface area contributed by atoms with Gasteiger partial charge in [0.25, 0.3) is 0 Å². The number of rotatable bonds is 7. The Labute approximate surface area is 191 Å². The van der Waals surface area contributed by atoms with Crippen LogP contribution in [0.2, 0.25) is 0 Å². The highest BCUT2D eigenvalue weighted by atomic mass is 32.2. The van der Waals surface area contributed by atoms with Gasteiger partial charge in [0.05, 0.1) is 6.61 Å². The summed E-state index contributed by atoms with van der Waals surface area (Å²) in [4.78, 5) is 24.3. The maximum absolute atomic E-state index is 12.4. The zero-order valence-corrected chi connectivity index (χ0v) is 19.9. The molecule has 1 aliphatic carbocycles. The zero-order valence-electron chi connectivity index (χ0n) is 17.4. The minimum atomic E-state index is -0.309. The van der Waals surface area contributed by atoms with Crippen molar-refractivity contribution in [3.05, 3.63) is 44.5 Å². The molecule has 4 aromatic rings. The number of aromatic nitrogens is 5. The summed E-state index contributed by atoms with van der Waals surface area (Å²) in [5, 5.41) is 13.7. The van der Waals surface area contributed by atoms with E-state index in [2.05, 4.69) is 37.3 Å². The number of carbonyl (C=O) groups excluding carboxylic acids is 1. The molecule has 31 heavy (non-hydrogen) atoms. The molecule has 0 amide bonds. The number of aryl methyl sites for hydroxylation is 2. The molecule has 0 bridgehead atoms. The summed E-state index contributed by atoms with van der Waals surface area (Å²) in [6.07, 6.45) is 3.07. The van der Waals surface area contributed by atoms with Crippen molar-refractivity contribution >= 4 is 50.6 Å². The Balaban J connectivity index is 1.55. The summed E-state index contributed by atoms with van der Waals surface area (Å²) in [5.74, 6) is 1.35. The van der Waals surface area contributed by atoms with Gasteiger partial charge >= 0.3 is 5.97 Å². The third kappa shape index (κ3) is 3.99. The summed E-state index contributed by atoms with van der Waals surface area (Å²) < 4.78 is 7.50. The number of hydrogen-bond acceptors (Lipinski definition) is 9. The van der Waals surface area contributed by atoms with Gasteiger partial charge in [-0.25, -0.2) is 14.8 Å². The molecule has 0 aromatic carbocycles. The maximum atomic E-state index is 12.4. The Kier molecular flexibility index (Phi) is 5.53. The SMILES string of the molecule is CCOC(=O)c1sc2nc(C)nc(Sc3nnc(Cc4cccs4)n3C3CC3)c2c1C. The third-order valence-electron chi connectivity index (χ3n) is 5.08. The summed E-state index contributed by atoms with van der Waals surface area (Å²) >= 11 is 4.61. The van der Waals surface area contributed by atoms with E-state index in [-0.39, 0.29) is 5.97 Å². The van der Waals surface area contributed by atoms with Crippen LogP contribution in [0.15, 0.2) is 27.7 Å². The second kappa shape index (κ2) is 8.33. The monoisotopic (exact) mass is 471 g/mol. The average molecular weight is 472 g/mol. The quantitative estimate of drug-likeness (QED) is 0.270. The van der Waals surface area contributed by atoms with E-state index in [1.54, 1.807) is 11.3 Å². The summed E-state index contributed by atoms with van der Waals surface area (Å²) in [7, 11) is 0.